The van der Waals surface area contributed by atoms with Crippen LogP contribution < -0.4 is 9.13 Å². The fourth-order valence-corrected chi connectivity index (χ4v) is 7.72. The third-order valence-corrected chi connectivity index (χ3v) is 9.99. The predicted octanol–water partition coefficient (Wildman–Crippen LogP) is 8.69. The lowest BCUT2D eigenvalue weighted by atomic mass is 9.72. The maximum atomic E-state index is 6.48. The van der Waals surface area contributed by atoms with Gasteiger partial charge in [0.15, 0.2) is 17.3 Å². The summed E-state index contributed by atoms with van der Waals surface area (Å²) in [5.74, 6) is 0. The number of benzene rings is 4. The number of hydrogen-bond acceptors (Lipinski definition) is 1. The van der Waals surface area contributed by atoms with Gasteiger partial charge in [0, 0.05) is 35.0 Å². The second-order valence-corrected chi connectivity index (χ2v) is 13.1. The molecule has 7 aromatic rings. The summed E-state index contributed by atoms with van der Waals surface area (Å²) in [5, 5.41) is 4.71. The van der Waals surface area contributed by atoms with Gasteiger partial charge in [-0.05, 0) is 98.0 Å². The Morgan fingerprint density at radius 2 is 1.16 bits per heavy atom. The summed E-state index contributed by atoms with van der Waals surface area (Å²) < 4.78 is 11.2. The van der Waals surface area contributed by atoms with Crippen LogP contribution in [0.2, 0.25) is 0 Å². The van der Waals surface area contributed by atoms with Crippen molar-refractivity contribution in [2.75, 3.05) is 0 Å². The first-order valence-corrected chi connectivity index (χ1v) is 15.5. The van der Waals surface area contributed by atoms with E-state index >= 15 is 0 Å². The molecule has 0 saturated carbocycles. The van der Waals surface area contributed by atoms with E-state index in [0.29, 0.717) is 0 Å². The van der Waals surface area contributed by atoms with Crippen molar-refractivity contribution in [1.82, 2.24) is 0 Å². The Morgan fingerprint density at radius 1 is 0.545 bits per heavy atom. The molecule has 218 valence electrons. The van der Waals surface area contributed by atoms with Crippen molar-refractivity contribution >= 4 is 32.7 Å². The molecular formula is C41H40N2O+2. The summed E-state index contributed by atoms with van der Waals surface area (Å²) in [6, 6.07) is 39.7. The normalized spacial score (nSPS) is 13.5. The van der Waals surface area contributed by atoms with Gasteiger partial charge in [-0.3, -0.25) is 0 Å². The summed E-state index contributed by atoms with van der Waals surface area (Å²) in [5.41, 5.74) is 10.0. The lowest BCUT2D eigenvalue weighted by Gasteiger charge is -2.30. The molecule has 1 unspecified atom stereocenters. The van der Waals surface area contributed by atoms with Crippen LogP contribution >= 0.6 is 0 Å². The number of fused-ring (bicyclic) bond motifs is 4. The Hall–Kier alpha value is -4.76. The first kappa shape index (κ1) is 28.0. The minimum absolute atomic E-state index is 0.198. The predicted molar refractivity (Wildman–Crippen MR) is 180 cm³/mol. The smallest absolute Gasteiger partial charge is 0.202 e. The molecular weight excluding hydrogens is 536 g/mol. The summed E-state index contributed by atoms with van der Waals surface area (Å²) in [4.78, 5) is 0. The highest BCUT2D eigenvalue weighted by Gasteiger charge is 2.47. The maximum Gasteiger partial charge on any atom is 0.202 e. The Kier molecular flexibility index (Phi) is 6.48. The van der Waals surface area contributed by atoms with Crippen LogP contribution in [-0.2, 0) is 24.9 Å². The average Bonchev–Trinajstić information content (AvgIpc) is 3.35. The van der Waals surface area contributed by atoms with Gasteiger partial charge in [0.1, 0.15) is 25.3 Å². The zero-order chi connectivity index (χ0) is 30.8. The van der Waals surface area contributed by atoms with Gasteiger partial charge in [0.25, 0.3) is 0 Å². The van der Waals surface area contributed by atoms with Crippen LogP contribution in [0.5, 0.6) is 0 Å². The van der Waals surface area contributed by atoms with E-state index < -0.39 is 5.41 Å². The highest BCUT2D eigenvalue weighted by molar-refractivity contribution is 6.10. The molecule has 0 amide bonds. The Bertz CT molecular complexity index is 2220. The Labute approximate surface area is 260 Å². The number of aromatic nitrogens is 2. The molecule has 0 aliphatic heterocycles. The molecule has 0 fully saturated rings. The first-order chi connectivity index (χ1) is 21.1. The molecule has 44 heavy (non-hydrogen) atoms. The topological polar surface area (TPSA) is 20.9 Å². The van der Waals surface area contributed by atoms with Crippen molar-refractivity contribution in [2.45, 2.75) is 45.4 Å². The van der Waals surface area contributed by atoms with Crippen LogP contribution in [0.1, 0.15) is 60.1 Å². The Morgan fingerprint density at radius 3 is 1.91 bits per heavy atom. The fourth-order valence-electron chi connectivity index (χ4n) is 7.72. The number of aryl methyl sites for hydroxylation is 3. The van der Waals surface area contributed by atoms with E-state index in [4.69, 9.17) is 4.42 Å². The zero-order valence-electron chi connectivity index (χ0n) is 26.8. The number of furan rings is 1. The minimum Gasteiger partial charge on any atom is -0.456 e. The van der Waals surface area contributed by atoms with E-state index in [0.717, 1.165) is 21.9 Å². The van der Waals surface area contributed by atoms with Crippen LogP contribution in [0.15, 0.2) is 120 Å². The van der Waals surface area contributed by atoms with E-state index in [1.54, 1.807) is 0 Å². The second kappa shape index (κ2) is 10.2. The molecule has 3 heteroatoms. The molecule has 0 N–H and O–H groups in total. The lowest BCUT2D eigenvalue weighted by Crippen LogP contribution is -2.53. The first-order valence-electron chi connectivity index (χ1n) is 15.5. The van der Waals surface area contributed by atoms with Gasteiger partial charge in [0.2, 0.25) is 11.4 Å². The van der Waals surface area contributed by atoms with Crippen molar-refractivity contribution in [2.24, 2.45) is 14.1 Å². The molecule has 7 rings (SSSR count). The number of pyridine rings is 2. The van der Waals surface area contributed by atoms with Crippen LogP contribution in [-0.4, -0.2) is 0 Å². The summed E-state index contributed by atoms with van der Waals surface area (Å²) in [6.07, 6.45) is 2.15. The van der Waals surface area contributed by atoms with Gasteiger partial charge >= 0.3 is 0 Å². The average molecular weight is 577 g/mol. The largest absolute Gasteiger partial charge is 0.456 e. The second-order valence-electron chi connectivity index (χ2n) is 13.1. The molecule has 1 atom stereocenters. The van der Waals surface area contributed by atoms with E-state index in [1.807, 2.05) is 0 Å². The minimum atomic E-state index is -0.471. The van der Waals surface area contributed by atoms with E-state index in [9.17, 15) is 0 Å². The highest BCUT2D eigenvalue weighted by Crippen LogP contribution is 2.42. The molecule has 3 aromatic heterocycles. The number of rotatable bonds is 5. The monoisotopic (exact) mass is 576 g/mol. The van der Waals surface area contributed by atoms with Gasteiger partial charge in [-0.1, -0.05) is 54.6 Å². The molecule has 0 saturated heterocycles. The Balaban J connectivity index is 1.53. The number of nitrogens with zero attached hydrogens (tertiary/aromatic N) is 2. The van der Waals surface area contributed by atoms with Gasteiger partial charge in [-0.25, -0.2) is 9.13 Å². The van der Waals surface area contributed by atoms with Gasteiger partial charge in [-0.2, -0.15) is 0 Å². The van der Waals surface area contributed by atoms with Crippen molar-refractivity contribution < 1.29 is 13.6 Å². The SMILES string of the molecule is Cc1ccccc1C(C)(C)c1cccc(C(C)(c2cc3c(cc2C)oc2cc4ccccc4cc23)c2cccc[n+]2C)[n+]1C. The molecule has 0 bridgehead atoms. The van der Waals surface area contributed by atoms with Gasteiger partial charge in [0.05, 0.1) is 5.41 Å². The fraction of sp³-hybridized carbons (Fsp3) is 0.220. The third-order valence-electron chi connectivity index (χ3n) is 9.99. The van der Waals surface area contributed by atoms with Crippen LogP contribution in [0, 0.1) is 13.8 Å². The zero-order valence-corrected chi connectivity index (χ0v) is 26.8. The quantitative estimate of drug-likeness (QED) is 0.188. The summed E-state index contributed by atoms with van der Waals surface area (Å²) in [7, 11) is 4.39. The molecule has 0 aliphatic rings. The van der Waals surface area contributed by atoms with Gasteiger partial charge in [-0.15, -0.1) is 0 Å². The highest BCUT2D eigenvalue weighted by atomic mass is 16.3. The molecule has 4 aromatic carbocycles. The molecule has 3 nitrogen and oxygen atoms in total. The molecule has 0 aliphatic carbocycles. The van der Waals surface area contributed by atoms with Crippen molar-refractivity contribution in [3.63, 3.8) is 0 Å². The van der Waals surface area contributed by atoms with E-state index in [1.165, 1.54) is 50.1 Å². The van der Waals surface area contributed by atoms with Crippen LogP contribution in [0.3, 0.4) is 0 Å². The van der Waals surface area contributed by atoms with Crippen molar-refractivity contribution in [3.8, 4) is 0 Å². The number of hydrogen-bond donors (Lipinski definition) is 0. The lowest BCUT2D eigenvalue weighted by molar-refractivity contribution is -0.702. The van der Waals surface area contributed by atoms with E-state index in [2.05, 4.69) is 173 Å². The molecule has 0 spiro atoms. The van der Waals surface area contributed by atoms with Gasteiger partial charge < -0.3 is 4.42 Å². The maximum absolute atomic E-state index is 6.48. The standard InChI is InChI=1S/C41H40N2O/c1-27-15-8-11-18-33(27)40(3,4)37-20-14-21-39(43(37)7)41(5,38-19-12-13-22-42(38)6)34-26-32-31-24-29-16-9-10-17-30(29)25-36(31)44-35(32)23-28(34)2/h8-26H,1-7H3/q+2. The van der Waals surface area contributed by atoms with E-state index in [-0.39, 0.29) is 5.41 Å². The summed E-state index contributed by atoms with van der Waals surface area (Å²) in [6.45, 7) is 11.5. The third kappa shape index (κ3) is 4.17. The van der Waals surface area contributed by atoms with Crippen molar-refractivity contribution in [1.29, 1.82) is 0 Å². The van der Waals surface area contributed by atoms with Crippen molar-refractivity contribution in [3.05, 3.63) is 155 Å². The summed E-state index contributed by atoms with van der Waals surface area (Å²) >= 11 is 0. The van der Waals surface area contributed by atoms with Crippen LogP contribution in [0.25, 0.3) is 32.7 Å². The molecule has 0 radical (unpaired) electrons. The molecule has 3 heterocycles. The van der Waals surface area contributed by atoms with Crippen LogP contribution in [0.4, 0.5) is 0 Å².